The Morgan fingerprint density at radius 1 is 1.09 bits per heavy atom. The zero-order valence-corrected chi connectivity index (χ0v) is 13.4. The molecule has 0 radical (unpaired) electrons. The van der Waals surface area contributed by atoms with Crippen LogP contribution in [0.15, 0.2) is 30.3 Å². The van der Waals surface area contributed by atoms with Gasteiger partial charge in [-0.2, -0.15) is 0 Å². The standard InChI is InChI=1S/C18H20O5/c1-10-15(21-2)9-16(22-3)13-8-14(20)18(23-17(10)13)11-4-6-12(19)7-5-11/h4-7,9,14,18-20H,8H2,1-3H3/t14-,18+/m1/s1. The molecule has 0 fully saturated rings. The van der Waals surface area contributed by atoms with Gasteiger partial charge in [-0.15, -0.1) is 0 Å². The molecular weight excluding hydrogens is 296 g/mol. The van der Waals surface area contributed by atoms with Crippen LogP contribution in [0.3, 0.4) is 0 Å². The van der Waals surface area contributed by atoms with Gasteiger partial charge in [0.2, 0.25) is 0 Å². The topological polar surface area (TPSA) is 68.2 Å². The lowest BCUT2D eigenvalue weighted by Crippen LogP contribution is -2.31. The fourth-order valence-corrected chi connectivity index (χ4v) is 2.99. The van der Waals surface area contributed by atoms with E-state index in [0.717, 1.165) is 16.7 Å². The van der Waals surface area contributed by atoms with Crippen LogP contribution < -0.4 is 14.2 Å². The molecular formula is C18H20O5. The Bertz CT molecular complexity index is 708. The number of methoxy groups -OCH3 is 2. The second-order valence-corrected chi connectivity index (χ2v) is 5.62. The predicted octanol–water partition coefficient (Wildman–Crippen LogP) is 2.75. The number of fused-ring (bicyclic) bond motifs is 1. The van der Waals surface area contributed by atoms with E-state index < -0.39 is 12.2 Å². The van der Waals surface area contributed by atoms with E-state index in [-0.39, 0.29) is 5.75 Å². The first-order valence-corrected chi connectivity index (χ1v) is 7.43. The number of aliphatic hydroxyl groups excluding tert-OH is 1. The van der Waals surface area contributed by atoms with Crippen molar-refractivity contribution in [2.24, 2.45) is 0 Å². The van der Waals surface area contributed by atoms with Gasteiger partial charge in [-0.1, -0.05) is 12.1 Å². The zero-order valence-electron chi connectivity index (χ0n) is 13.4. The molecule has 2 atom stereocenters. The van der Waals surface area contributed by atoms with E-state index in [9.17, 15) is 10.2 Å². The third-order valence-electron chi connectivity index (χ3n) is 4.21. The number of phenols is 1. The minimum Gasteiger partial charge on any atom is -0.508 e. The third-order valence-corrected chi connectivity index (χ3v) is 4.21. The number of phenolic OH excluding ortho intramolecular Hbond substituents is 1. The molecule has 1 heterocycles. The maximum Gasteiger partial charge on any atom is 0.150 e. The summed E-state index contributed by atoms with van der Waals surface area (Å²) in [5.41, 5.74) is 2.52. The van der Waals surface area contributed by atoms with Gasteiger partial charge in [0, 0.05) is 23.6 Å². The van der Waals surface area contributed by atoms with Gasteiger partial charge in [0.05, 0.1) is 20.3 Å². The average Bonchev–Trinajstić information content (AvgIpc) is 2.56. The summed E-state index contributed by atoms with van der Waals surface area (Å²) in [5, 5.41) is 19.9. The van der Waals surface area contributed by atoms with Crippen molar-refractivity contribution < 1.29 is 24.4 Å². The molecule has 0 bridgehead atoms. The number of aromatic hydroxyl groups is 1. The molecule has 0 amide bonds. The van der Waals surface area contributed by atoms with Crippen molar-refractivity contribution in [3.63, 3.8) is 0 Å². The Kier molecular flexibility index (Phi) is 4.05. The Morgan fingerprint density at radius 2 is 1.74 bits per heavy atom. The first kappa shape index (κ1) is 15.5. The minimum atomic E-state index is -0.700. The summed E-state index contributed by atoms with van der Waals surface area (Å²) < 4.78 is 16.9. The molecule has 2 aromatic carbocycles. The highest BCUT2D eigenvalue weighted by molar-refractivity contribution is 5.58. The number of rotatable bonds is 3. The van der Waals surface area contributed by atoms with Crippen LogP contribution in [0, 0.1) is 6.92 Å². The fourth-order valence-electron chi connectivity index (χ4n) is 2.99. The van der Waals surface area contributed by atoms with Crippen molar-refractivity contribution >= 4 is 0 Å². The van der Waals surface area contributed by atoms with Crippen LogP contribution in [-0.4, -0.2) is 30.5 Å². The number of hydrogen-bond acceptors (Lipinski definition) is 5. The van der Waals surface area contributed by atoms with Crippen LogP contribution in [0.5, 0.6) is 23.0 Å². The Morgan fingerprint density at radius 3 is 2.35 bits per heavy atom. The van der Waals surface area contributed by atoms with Crippen molar-refractivity contribution in [1.29, 1.82) is 0 Å². The monoisotopic (exact) mass is 316 g/mol. The molecule has 23 heavy (non-hydrogen) atoms. The normalized spacial score (nSPS) is 19.7. The largest absolute Gasteiger partial charge is 0.508 e. The summed E-state index contributed by atoms with van der Waals surface area (Å²) in [7, 11) is 3.19. The smallest absolute Gasteiger partial charge is 0.150 e. The number of ether oxygens (including phenoxy) is 3. The van der Waals surface area contributed by atoms with Crippen LogP contribution in [0.25, 0.3) is 0 Å². The number of aliphatic hydroxyl groups is 1. The van der Waals surface area contributed by atoms with Gasteiger partial charge in [0.1, 0.15) is 29.1 Å². The van der Waals surface area contributed by atoms with E-state index in [4.69, 9.17) is 14.2 Å². The number of hydrogen-bond donors (Lipinski definition) is 2. The average molecular weight is 316 g/mol. The van der Waals surface area contributed by atoms with Gasteiger partial charge >= 0.3 is 0 Å². The van der Waals surface area contributed by atoms with Gasteiger partial charge in [0.15, 0.2) is 0 Å². The Labute approximate surface area is 135 Å². The molecule has 122 valence electrons. The maximum atomic E-state index is 10.5. The van der Waals surface area contributed by atoms with Crippen molar-refractivity contribution in [3.8, 4) is 23.0 Å². The van der Waals surface area contributed by atoms with Crippen molar-refractivity contribution in [3.05, 3.63) is 47.0 Å². The number of benzene rings is 2. The van der Waals surface area contributed by atoms with Gasteiger partial charge < -0.3 is 24.4 Å². The van der Waals surface area contributed by atoms with E-state index in [1.54, 1.807) is 38.5 Å². The van der Waals surface area contributed by atoms with Crippen LogP contribution in [0.2, 0.25) is 0 Å². The lowest BCUT2D eigenvalue weighted by Gasteiger charge is -2.33. The Hall–Kier alpha value is -2.40. The third kappa shape index (κ3) is 2.68. The minimum absolute atomic E-state index is 0.180. The molecule has 2 aromatic rings. The van der Waals surface area contributed by atoms with Crippen molar-refractivity contribution in [2.75, 3.05) is 14.2 Å². The lowest BCUT2D eigenvalue weighted by atomic mass is 9.92. The lowest BCUT2D eigenvalue weighted by molar-refractivity contribution is 0.0192. The Balaban J connectivity index is 2.05. The van der Waals surface area contributed by atoms with E-state index in [0.29, 0.717) is 23.7 Å². The van der Waals surface area contributed by atoms with Crippen LogP contribution in [-0.2, 0) is 6.42 Å². The van der Waals surface area contributed by atoms with Crippen LogP contribution in [0.4, 0.5) is 0 Å². The summed E-state index contributed by atoms with van der Waals surface area (Å²) >= 11 is 0. The summed E-state index contributed by atoms with van der Waals surface area (Å²) in [6, 6.07) is 8.48. The van der Waals surface area contributed by atoms with Crippen molar-refractivity contribution in [2.45, 2.75) is 25.6 Å². The molecule has 2 N–H and O–H groups in total. The van der Waals surface area contributed by atoms with Crippen LogP contribution in [0.1, 0.15) is 22.8 Å². The summed E-state index contributed by atoms with van der Waals surface area (Å²) in [6.45, 7) is 1.92. The summed E-state index contributed by atoms with van der Waals surface area (Å²) in [4.78, 5) is 0. The first-order valence-electron chi connectivity index (χ1n) is 7.43. The molecule has 5 nitrogen and oxygen atoms in total. The van der Waals surface area contributed by atoms with E-state index in [1.165, 1.54) is 0 Å². The molecule has 0 saturated heterocycles. The molecule has 0 aliphatic carbocycles. The molecule has 0 saturated carbocycles. The highest BCUT2D eigenvalue weighted by Gasteiger charge is 2.33. The molecule has 1 aliphatic heterocycles. The van der Waals surface area contributed by atoms with E-state index >= 15 is 0 Å². The van der Waals surface area contributed by atoms with Crippen LogP contribution >= 0.6 is 0 Å². The molecule has 3 rings (SSSR count). The molecule has 0 unspecified atom stereocenters. The van der Waals surface area contributed by atoms with E-state index in [2.05, 4.69) is 0 Å². The van der Waals surface area contributed by atoms with Gasteiger partial charge in [-0.05, 0) is 24.6 Å². The van der Waals surface area contributed by atoms with Gasteiger partial charge in [0.25, 0.3) is 0 Å². The van der Waals surface area contributed by atoms with Crippen molar-refractivity contribution in [1.82, 2.24) is 0 Å². The highest BCUT2D eigenvalue weighted by atomic mass is 16.5. The maximum absolute atomic E-state index is 10.5. The van der Waals surface area contributed by atoms with Gasteiger partial charge in [-0.3, -0.25) is 0 Å². The second kappa shape index (κ2) is 6.01. The first-order chi connectivity index (χ1) is 11.0. The zero-order chi connectivity index (χ0) is 16.6. The highest BCUT2D eigenvalue weighted by Crippen LogP contribution is 2.45. The SMILES string of the molecule is COc1cc(OC)c2c(c1C)O[C@@H](c1ccc(O)cc1)[C@H](O)C2. The summed E-state index contributed by atoms with van der Waals surface area (Å²) in [5.74, 6) is 2.19. The molecule has 1 aliphatic rings. The predicted molar refractivity (Wildman–Crippen MR) is 85.5 cm³/mol. The summed E-state index contributed by atoms with van der Waals surface area (Å²) in [6.07, 6.45) is -0.776. The van der Waals surface area contributed by atoms with Gasteiger partial charge in [-0.25, -0.2) is 0 Å². The quantitative estimate of drug-likeness (QED) is 0.911. The van der Waals surface area contributed by atoms with E-state index in [1.807, 2.05) is 13.0 Å². The fraction of sp³-hybridized carbons (Fsp3) is 0.333. The second-order valence-electron chi connectivity index (χ2n) is 5.62. The molecule has 5 heteroatoms. The molecule has 0 aromatic heterocycles. The molecule has 0 spiro atoms.